The van der Waals surface area contributed by atoms with E-state index >= 15 is 0 Å². The van der Waals surface area contributed by atoms with Crippen LogP contribution in [0.15, 0.2) is 24.3 Å². The van der Waals surface area contributed by atoms with Gasteiger partial charge < -0.3 is 25.0 Å². The number of benzene rings is 1. The topological polar surface area (TPSA) is 97.0 Å². The van der Waals surface area contributed by atoms with E-state index in [9.17, 15) is 14.4 Å². The molecule has 0 unspecified atom stereocenters. The Balaban J connectivity index is 1.45. The summed E-state index contributed by atoms with van der Waals surface area (Å²) in [6.45, 7) is 2.39. The maximum absolute atomic E-state index is 12.2. The van der Waals surface area contributed by atoms with Gasteiger partial charge in [0.25, 0.3) is 5.91 Å². The number of carbonyl (C=O) groups is 3. The van der Waals surface area contributed by atoms with Gasteiger partial charge in [0.05, 0.1) is 13.0 Å². The number of hydrogen-bond acceptors (Lipinski definition) is 5. The van der Waals surface area contributed by atoms with Crippen LogP contribution in [0.1, 0.15) is 36.0 Å². The highest BCUT2D eigenvalue weighted by Crippen LogP contribution is 2.20. The van der Waals surface area contributed by atoms with Crippen LogP contribution >= 0.6 is 0 Å². The number of nitrogens with zero attached hydrogens (tertiary/aromatic N) is 1. The van der Waals surface area contributed by atoms with Crippen LogP contribution < -0.4 is 15.4 Å². The molecule has 8 nitrogen and oxygen atoms in total. The van der Waals surface area contributed by atoms with Gasteiger partial charge in [0.15, 0.2) is 0 Å². The minimum atomic E-state index is -0.458. The second kappa shape index (κ2) is 9.54. The Morgan fingerprint density at radius 3 is 2.50 bits per heavy atom. The Bertz CT molecular complexity index is 698. The molecular formula is C20H27N3O5. The van der Waals surface area contributed by atoms with E-state index in [0.717, 1.165) is 12.8 Å². The minimum absolute atomic E-state index is 0.0494. The van der Waals surface area contributed by atoms with Crippen molar-refractivity contribution in [2.24, 2.45) is 0 Å². The smallest absolute Gasteiger partial charge is 0.251 e. The first-order valence-electron chi connectivity index (χ1n) is 9.69. The molecule has 3 rings (SSSR count). The number of nitrogens with one attached hydrogen (secondary N) is 2. The molecule has 3 amide bonds. The molecule has 2 fully saturated rings. The highest BCUT2D eigenvalue weighted by Gasteiger charge is 2.26. The maximum Gasteiger partial charge on any atom is 0.251 e. The SMILES string of the molecule is COCCC(=O)N1CCC(Oc2ccc(C(=O)N[C@@H]3CCNC3=O)cc2)CC1. The highest BCUT2D eigenvalue weighted by molar-refractivity contribution is 5.98. The molecule has 1 atom stereocenters. The summed E-state index contributed by atoms with van der Waals surface area (Å²) in [5.74, 6) is 0.405. The van der Waals surface area contributed by atoms with Crippen LogP contribution in [-0.4, -0.2) is 68.1 Å². The number of hydrogen-bond donors (Lipinski definition) is 2. The second-order valence-electron chi connectivity index (χ2n) is 7.07. The Morgan fingerprint density at radius 2 is 1.89 bits per heavy atom. The third kappa shape index (κ3) is 5.22. The van der Waals surface area contributed by atoms with E-state index < -0.39 is 6.04 Å². The van der Waals surface area contributed by atoms with E-state index in [1.54, 1.807) is 31.4 Å². The van der Waals surface area contributed by atoms with Gasteiger partial charge in [-0.25, -0.2) is 0 Å². The van der Waals surface area contributed by atoms with E-state index in [-0.39, 0.29) is 23.8 Å². The van der Waals surface area contributed by atoms with Crippen LogP contribution in [0.3, 0.4) is 0 Å². The normalized spacial score (nSPS) is 20.0. The first-order chi connectivity index (χ1) is 13.6. The van der Waals surface area contributed by atoms with Gasteiger partial charge >= 0.3 is 0 Å². The van der Waals surface area contributed by atoms with Gasteiger partial charge in [0.1, 0.15) is 17.9 Å². The summed E-state index contributed by atoms with van der Waals surface area (Å²) < 4.78 is 10.9. The van der Waals surface area contributed by atoms with Crippen LogP contribution in [0, 0.1) is 0 Å². The zero-order valence-corrected chi connectivity index (χ0v) is 16.1. The maximum atomic E-state index is 12.2. The molecule has 2 saturated heterocycles. The molecule has 8 heteroatoms. The van der Waals surface area contributed by atoms with Crippen LogP contribution in [-0.2, 0) is 14.3 Å². The third-order valence-corrected chi connectivity index (χ3v) is 5.09. The molecule has 1 aromatic carbocycles. The fourth-order valence-electron chi connectivity index (χ4n) is 3.42. The fourth-order valence-corrected chi connectivity index (χ4v) is 3.42. The molecule has 0 aromatic heterocycles. The number of methoxy groups -OCH3 is 1. The summed E-state index contributed by atoms with van der Waals surface area (Å²) in [6.07, 6.45) is 2.62. The number of ether oxygens (including phenoxy) is 2. The lowest BCUT2D eigenvalue weighted by Crippen LogP contribution is -2.42. The van der Waals surface area contributed by atoms with E-state index in [2.05, 4.69) is 10.6 Å². The van der Waals surface area contributed by atoms with Crippen LogP contribution in [0.5, 0.6) is 5.75 Å². The first-order valence-corrected chi connectivity index (χ1v) is 9.69. The Morgan fingerprint density at radius 1 is 1.18 bits per heavy atom. The third-order valence-electron chi connectivity index (χ3n) is 5.09. The van der Waals surface area contributed by atoms with Gasteiger partial charge in [-0.3, -0.25) is 14.4 Å². The van der Waals surface area contributed by atoms with Gasteiger partial charge in [-0.2, -0.15) is 0 Å². The second-order valence-corrected chi connectivity index (χ2v) is 7.07. The van der Waals surface area contributed by atoms with E-state index in [1.807, 2.05) is 4.90 Å². The van der Waals surface area contributed by atoms with Crippen molar-refractivity contribution in [3.63, 3.8) is 0 Å². The van der Waals surface area contributed by atoms with E-state index in [4.69, 9.17) is 9.47 Å². The molecule has 2 aliphatic heterocycles. The number of piperidine rings is 1. The van der Waals surface area contributed by atoms with Gasteiger partial charge in [-0.1, -0.05) is 0 Å². The van der Waals surface area contributed by atoms with Crippen LogP contribution in [0.25, 0.3) is 0 Å². The zero-order valence-electron chi connectivity index (χ0n) is 16.1. The summed E-state index contributed by atoms with van der Waals surface area (Å²) in [5.41, 5.74) is 0.491. The van der Waals surface area contributed by atoms with Gasteiger partial charge in [0.2, 0.25) is 11.8 Å². The lowest BCUT2D eigenvalue weighted by atomic mass is 10.1. The molecule has 0 radical (unpaired) electrons. The lowest BCUT2D eigenvalue weighted by Gasteiger charge is -2.32. The molecule has 0 aliphatic carbocycles. The minimum Gasteiger partial charge on any atom is -0.490 e. The molecule has 28 heavy (non-hydrogen) atoms. The summed E-state index contributed by atoms with van der Waals surface area (Å²) in [6, 6.07) is 6.46. The van der Waals surface area contributed by atoms with Crippen molar-refractivity contribution in [2.75, 3.05) is 33.4 Å². The van der Waals surface area contributed by atoms with Crippen molar-refractivity contribution in [3.8, 4) is 5.75 Å². The van der Waals surface area contributed by atoms with Crippen molar-refractivity contribution in [2.45, 2.75) is 37.8 Å². The average Bonchev–Trinajstić information content (AvgIpc) is 3.11. The molecule has 1 aromatic rings. The Labute approximate surface area is 164 Å². The number of likely N-dealkylation sites (tertiary alicyclic amines) is 1. The monoisotopic (exact) mass is 389 g/mol. The predicted molar refractivity (Wildman–Crippen MR) is 102 cm³/mol. The summed E-state index contributed by atoms with van der Waals surface area (Å²) >= 11 is 0. The van der Waals surface area contributed by atoms with Crippen LogP contribution in [0.4, 0.5) is 0 Å². The first kappa shape index (κ1) is 20.1. The largest absolute Gasteiger partial charge is 0.490 e. The average molecular weight is 389 g/mol. The standard InChI is InChI=1S/C20H27N3O5/c1-27-13-9-18(24)23-11-7-16(8-12-23)28-15-4-2-14(3-5-15)19(25)22-17-6-10-21-20(17)26/h2-5,16-17H,6-13H2,1H3,(H,21,26)(H,22,25)/t17-/m1/s1. The molecule has 0 saturated carbocycles. The van der Waals surface area contributed by atoms with Gasteiger partial charge in [-0.05, 0) is 30.7 Å². The van der Waals surface area contributed by atoms with E-state index in [0.29, 0.717) is 50.4 Å². The molecule has 2 aliphatic rings. The summed E-state index contributed by atoms with van der Waals surface area (Å²) in [5, 5.41) is 5.43. The Kier molecular flexibility index (Phi) is 6.86. The molecule has 152 valence electrons. The number of rotatable bonds is 7. The molecular weight excluding hydrogens is 362 g/mol. The predicted octanol–water partition coefficient (Wildman–Crippen LogP) is 0.711. The van der Waals surface area contributed by atoms with E-state index in [1.165, 1.54) is 0 Å². The van der Waals surface area contributed by atoms with Crippen LogP contribution in [0.2, 0.25) is 0 Å². The summed E-state index contributed by atoms with van der Waals surface area (Å²) in [4.78, 5) is 37.7. The highest BCUT2D eigenvalue weighted by atomic mass is 16.5. The van der Waals surface area contributed by atoms with Gasteiger partial charge in [-0.15, -0.1) is 0 Å². The fraction of sp³-hybridized carbons (Fsp3) is 0.550. The van der Waals surface area contributed by atoms with Crippen molar-refractivity contribution in [1.82, 2.24) is 15.5 Å². The van der Waals surface area contributed by atoms with Gasteiger partial charge in [0, 0.05) is 45.1 Å². The molecule has 0 bridgehead atoms. The molecule has 2 N–H and O–H groups in total. The van der Waals surface area contributed by atoms with Crippen molar-refractivity contribution >= 4 is 17.7 Å². The number of carbonyl (C=O) groups excluding carboxylic acids is 3. The van der Waals surface area contributed by atoms with Crippen molar-refractivity contribution in [3.05, 3.63) is 29.8 Å². The quantitative estimate of drug-likeness (QED) is 0.716. The van der Waals surface area contributed by atoms with Crippen molar-refractivity contribution in [1.29, 1.82) is 0 Å². The number of amides is 3. The zero-order chi connectivity index (χ0) is 19.9. The molecule has 0 spiro atoms. The Hall–Kier alpha value is -2.61. The lowest BCUT2D eigenvalue weighted by molar-refractivity contribution is -0.133. The summed E-state index contributed by atoms with van der Waals surface area (Å²) in [7, 11) is 1.59. The molecule has 2 heterocycles. The van der Waals surface area contributed by atoms with Crippen molar-refractivity contribution < 1.29 is 23.9 Å².